The van der Waals surface area contributed by atoms with E-state index in [9.17, 15) is 0 Å². The molecule has 3 nitrogen and oxygen atoms in total. The summed E-state index contributed by atoms with van der Waals surface area (Å²) in [6, 6.07) is 5.49. The Bertz CT molecular complexity index is 418. The molecule has 0 aliphatic carbocycles. The van der Waals surface area contributed by atoms with E-state index in [1.54, 1.807) is 6.07 Å². The molecule has 0 saturated heterocycles. The Morgan fingerprint density at radius 3 is 2.61 bits per heavy atom. The maximum atomic E-state index is 7.65. The molecule has 0 spiro atoms. The lowest BCUT2D eigenvalue weighted by molar-refractivity contribution is 0.548. The molecule has 0 fully saturated rings. The van der Waals surface area contributed by atoms with Gasteiger partial charge in [-0.05, 0) is 31.0 Å². The summed E-state index contributed by atoms with van der Waals surface area (Å²) >= 11 is 6.06. The lowest BCUT2D eigenvalue weighted by Gasteiger charge is -2.28. The van der Waals surface area contributed by atoms with Crippen LogP contribution in [0.25, 0.3) is 0 Å². The Labute approximate surface area is 114 Å². The molecule has 0 bridgehead atoms. The van der Waals surface area contributed by atoms with E-state index in [0.717, 1.165) is 30.8 Å². The van der Waals surface area contributed by atoms with Gasteiger partial charge in [0, 0.05) is 29.4 Å². The van der Waals surface area contributed by atoms with E-state index in [2.05, 4.69) is 25.7 Å². The highest BCUT2D eigenvalue weighted by molar-refractivity contribution is 6.31. The highest BCUT2D eigenvalue weighted by Crippen LogP contribution is 2.25. The fourth-order valence-corrected chi connectivity index (χ4v) is 2.06. The largest absolute Gasteiger partial charge is 0.384 e. The number of amidine groups is 1. The quantitative estimate of drug-likeness (QED) is 0.612. The predicted molar refractivity (Wildman–Crippen MR) is 79.8 cm³/mol. The Morgan fingerprint density at radius 1 is 1.44 bits per heavy atom. The predicted octanol–water partition coefficient (Wildman–Crippen LogP) is 3.50. The van der Waals surface area contributed by atoms with Gasteiger partial charge in [-0.15, -0.1) is 0 Å². The molecular formula is C14H22ClN3. The van der Waals surface area contributed by atoms with Gasteiger partial charge in [-0.2, -0.15) is 0 Å². The van der Waals surface area contributed by atoms with Gasteiger partial charge in [-0.1, -0.05) is 31.9 Å². The number of hydrogen-bond donors (Lipinski definition) is 2. The molecule has 1 unspecified atom stereocenters. The average molecular weight is 268 g/mol. The van der Waals surface area contributed by atoms with Crippen molar-refractivity contribution in [2.45, 2.75) is 27.2 Å². The molecule has 1 atom stereocenters. The van der Waals surface area contributed by atoms with Crippen molar-refractivity contribution in [3.63, 3.8) is 0 Å². The Morgan fingerprint density at radius 2 is 2.11 bits per heavy atom. The van der Waals surface area contributed by atoms with E-state index in [4.69, 9.17) is 22.7 Å². The molecule has 1 aromatic rings. The fourth-order valence-electron chi connectivity index (χ4n) is 1.90. The monoisotopic (exact) mass is 267 g/mol. The summed E-state index contributed by atoms with van der Waals surface area (Å²) in [5.74, 6) is 0.688. The van der Waals surface area contributed by atoms with E-state index in [1.807, 2.05) is 12.1 Å². The van der Waals surface area contributed by atoms with Crippen LogP contribution in [0.2, 0.25) is 5.02 Å². The zero-order valence-electron chi connectivity index (χ0n) is 11.3. The number of nitrogens with zero attached hydrogens (tertiary/aromatic N) is 1. The van der Waals surface area contributed by atoms with Gasteiger partial charge in [0.05, 0.1) is 0 Å². The molecule has 0 radical (unpaired) electrons. The first kappa shape index (κ1) is 14.8. The highest BCUT2D eigenvalue weighted by atomic mass is 35.5. The van der Waals surface area contributed by atoms with Crippen molar-refractivity contribution in [1.82, 2.24) is 0 Å². The summed E-state index contributed by atoms with van der Waals surface area (Å²) in [4.78, 5) is 2.23. The van der Waals surface area contributed by atoms with Crippen LogP contribution in [-0.2, 0) is 0 Å². The molecule has 0 saturated carbocycles. The van der Waals surface area contributed by atoms with Crippen LogP contribution in [0.5, 0.6) is 0 Å². The Kier molecular flexibility index (Phi) is 5.48. The number of anilines is 1. The van der Waals surface area contributed by atoms with Crippen molar-refractivity contribution in [1.29, 1.82) is 5.41 Å². The Balaban J connectivity index is 3.10. The van der Waals surface area contributed by atoms with Crippen LogP contribution in [0.15, 0.2) is 18.2 Å². The summed E-state index contributed by atoms with van der Waals surface area (Å²) in [6.07, 6.45) is 1.13. The number of nitrogen functional groups attached to an aromatic ring is 1. The van der Waals surface area contributed by atoms with Crippen LogP contribution in [0.4, 0.5) is 5.69 Å². The molecule has 0 amide bonds. The van der Waals surface area contributed by atoms with Crippen molar-refractivity contribution in [2.24, 2.45) is 11.7 Å². The number of hydrogen-bond acceptors (Lipinski definition) is 2. The number of rotatable bonds is 6. The second kappa shape index (κ2) is 6.64. The number of benzene rings is 1. The van der Waals surface area contributed by atoms with Crippen LogP contribution in [0.3, 0.4) is 0 Å². The van der Waals surface area contributed by atoms with Crippen molar-refractivity contribution < 1.29 is 0 Å². The van der Waals surface area contributed by atoms with Gasteiger partial charge >= 0.3 is 0 Å². The van der Waals surface area contributed by atoms with Crippen LogP contribution in [0.1, 0.15) is 32.8 Å². The molecule has 4 heteroatoms. The molecule has 18 heavy (non-hydrogen) atoms. The first-order valence-electron chi connectivity index (χ1n) is 6.38. The summed E-state index contributed by atoms with van der Waals surface area (Å²) in [5.41, 5.74) is 7.34. The lowest BCUT2D eigenvalue weighted by Crippen LogP contribution is -2.30. The first-order valence-corrected chi connectivity index (χ1v) is 6.76. The zero-order valence-corrected chi connectivity index (χ0v) is 12.1. The van der Waals surface area contributed by atoms with Crippen molar-refractivity contribution >= 4 is 23.1 Å². The minimum Gasteiger partial charge on any atom is -0.384 e. The average Bonchev–Trinajstić information content (AvgIpc) is 2.35. The molecule has 1 aromatic carbocycles. The maximum absolute atomic E-state index is 7.65. The zero-order chi connectivity index (χ0) is 13.7. The highest BCUT2D eigenvalue weighted by Gasteiger charge is 2.14. The fraction of sp³-hybridized carbons (Fsp3) is 0.500. The second-order valence-electron chi connectivity index (χ2n) is 4.63. The van der Waals surface area contributed by atoms with Crippen molar-refractivity contribution in [2.75, 3.05) is 18.0 Å². The second-order valence-corrected chi connectivity index (χ2v) is 5.06. The normalized spacial score (nSPS) is 12.2. The molecule has 0 aliphatic rings. The summed E-state index contributed by atoms with van der Waals surface area (Å²) in [6.45, 7) is 8.34. The van der Waals surface area contributed by atoms with Gasteiger partial charge in [-0.25, -0.2) is 0 Å². The van der Waals surface area contributed by atoms with Gasteiger partial charge in [0.25, 0.3) is 0 Å². The number of halogens is 1. The van der Waals surface area contributed by atoms with Crippen LogP contribution >= 0.6 is 11.6 Å². The van der Waals surface area contributed by atoms with Crippen LogP contribution < -0.4 is 10.6 Å². The van der Waals surface area contributed by atoms with E-state index in [1.165, 1.54) is 0 Å². The first-order chi connectivity index (χ1) is 8.49. The van der Waals surface area contributed by atoms with E-state index < -0.39 is 0 Å². The van der Waals surface area contributed by atoms with Gasteiger partial charge < -0.3 is 10.6 Å². The van der Waals surface area contributed by atoms with E-state index in [-0.39, 0.29) is 5.84 Å². The van der Waals surface area contributed by atoms with E-state index in [0.29, 0.717) is 10.9 Å². The topological polar surface area (TPSA) is 53.1 Å². The van der Waals surface area contributed by atoms with Crippen LogP contribution in [-0.4, -0.2) is 18.9 Å². The third-order valence-electron chi connectivity index (χ3n) is 3.20. The van der Waals surface area contributed by atoms with Gasteiger partial charge in [0.15, 0.2) is 0 Å². The summed E-state index contributed by atoms with van der Waals surface area (Å²) in [5, 5.41) is 8.33. The Hall–Kier alpha value is -1.22. The van der Waals surface area contributed by atoms with Crippen molar-refractivity contribution in [3.8, 4) is 0 Å². The van der Waals surface area contributed by atoms with Gasteiger partial charge in [-0.3, -0.25) is 5.41 Å². The number of nitrogens with one attached hydrogen (secondary N) is 1. The lowest BCUT2D eigenvalue weighted by atomic mass is 10.1. The molecule has 0 aromatic heterocycles. The summed E-state index contributed by atoms with van der Waals surface area (Å²) in [7, 11) is 0. The molecule has 3 N–H and O–H groups in total. The maximum Gasteiger partial charge on any atom is 0.124 e. The number of nitrogens with two attached hydrogens (primary N) is 1. The SMILES string of the molecule is CCC(C)CN(CC)c1cc(Cl)ccc1C(=N)N. The summed E-state index contributed by atoms with van der Waals surface area (Å²) < 4.78 is 0. The van der Waals surface area contributed by atoms with Gasteiger partial charge in [0.1, 0.15) is 5.84 Å². The standard InChI is InChI=1S/C14H22ClN3/c1-4-10(3)9-18(5-2)13-8-11(15)6-7-12(13)14(16)17/h6-8,10H,4-5,9H2,1-3H3,(H3,16,17). The van der Waals surface area contributed by atoms with E-state index >= 15 is 0 Å². The third-order valence-corrected chi connectivity index (χ3v) is 3.44. The minimum atomic E-state index is 0.0873. The smallest absolute Gasteiger partial charge is 0.124 e. The van der Waals surface area contributed by atoms with Crippen molar-refractivity contribution in [3.05, 3.63) is 28.8 Å². The molecule has 0 aliphatic heterocycles. The van der Waals surface area contributed by atoms with Gasteiger partial charge in [0.2, 0.25) is 0 Å². The minimum absolute atomic E-state index is 0.0873. The molecule has 1 rings (SSSR count). The third kappa shape index (κ3) is 3.64. The molecular weight excluding hydrogens is 246 g/mol. The molecule has 0 heterocycles. The molecule has 100 valence electrons. The van der Waals surface area contributed by atoms with Crippen LogP contribution in [0, 0.1) is 11.3 Å².